The van der Waals surface area contributed by atoms with Crippen molar-refractivity contribution in [2.75, 3.05) is 39.3 Å². The topological polar surface area (TPSA) is 126 Å². The normalized spacial score (nSPS) is 23.7. The Hall–Kier alpha value is -2.32. The van der Waals surface area contributed by atoms with Crippen molar-refractivity contribution in [1.82, 2.24) is 40.0 Å². The van der Waals surface area contributed by atoms with Gasteiger partial charge in [0.1, 0.15) is 11.2 Å². The van der Waals surface area contributed by atoms with Crippen LogP contribution >= 0.6 is 39.1 Å². The molecule has 0 radical (unpaired) electrons. The Morgan fingerprint density at radius 2 is 1.27 bits per heavy atom. The highest BCUT2D eigenvalue weighted by atomic mass is 79.9. The number of ether oxygens (including phenoxy) is 2. The Labute approximate surface area is 309 Å². The number of hydrogen-bond acceptors (Lipinski definition) is 10. The number of aromatic nitrogens is 4. The second-order valence-electron chi connectivity index (χ2n) is 15.0. The summed E-state index contributed by atoms with van der Waals surface area (Å²) >= 11 is 14.4. The average Bonchev–Trinajstić information content (AvgIpc) is 3.68. The first-order chi connectivity index (χ1) is 23.1. The molecule has 0 bridgehead atoms. The largest absolute Gasteiger partial charge is 0.444 e. The van der Waals surface area contributed by atoms with E-state index in [1.54, 1.807) is 24.8 Å². The van der Waals surface area contributed by atoms with Gasteiger partial charge >= 0.3 is 12.2 Å². The fourth-order valence-corrected chi connectivity index (χ4v) is 7.13. The number of piperidine rings is 2. The molecule has 2 aromatic heterocycles. The third kappa shape index (κ3) is 12.4. The summed E-state index contributed by atoms with van der Waals surface area (Å²) < 4.78 is 11.0. The molecule has 0 spiro atoms. The molecule has 0 aromatic carbocycles. The molecule has 2 aromatic rings. The number of alkyl halides is 1. The molecule has 12 nitrogen and oxygen atoms in total. The molecular formula is C34H51BrCl2N8O4. The summed E-state index contributed by atoms with van der Waals surface area (Å²) in [6.07, 6.45) is 11.1. The number of rotatable bonds is 3. The molecule has 49 heavy (non-hydrogen) atoms. The van der Waals surface area contributed by atoms with Gasteiger partial charge in [0.2, 0.25) is 10.6 Å². The van der Waals surface area contributed by atoms with Crippen molar-refractivity contribution in [3.8, 4) is 0 Å². The highest BCUT2D eigenvalue weighted by molar-refractivity contribution is 9.08. The number of fused-ring (bicyclic) bond motifs is 2. The van der Waals surface area contributed by atoms with Gasteiger partial charge in [-0.15, -0.1) is 0 Å². The molecule has 0 aliphatic carbocycles. The first-order valence-corrected chi connectivity index (χ1v) is 18.9. The van der Waals surface area contributed by atoms with E-state index in [0.29, 0.717) is 23.2 Å². The molecule has 6 rings (SSSR count). The predicted molar refractivity (Wildman–Crippen MR) is 194 cm³/mol. The van der Waals surface area contributed by atoms with Crippen LogP contribution in [-0.2, 0) is 21.3 Å². The van der Waals surface area contributed by atoms with Crippen LogP contribution in [0.25, 0.3) is 0 Å². The van der Waals surface area contributed by atoms with Crippen LogP contribution in [0, 0.1) is 11.8 Å². The van der Waals surface area contributed by atoms with Gasteiger partial charge in [-0.2, -0.15) is 0 Å². The average molecular weight is 787 g/mol. The second-order valence-corrected chi connectivity index (χ2v) is 16.2. The number of carbonyl (C=O) groups is 2. The van der Waals surface area contributed by atoms with Gasteiger partial charge in [0.15, 0.2) is 0 Å². The van der Waals surface area contributed by atoms with E-state index in [1.807, 2.05) is 51.3 Å². The maximum atomic E-state index is 12.5. The number of hydrogen-bond donors (Lipinski definition) is 1. The third-order valence-corrected chi connectivity index (χ3v) is 9.74. The molecule has 4 aliphatic heterocycles. The van der Waals surface area contributed by atoms with Gasteiger partial charge in [-0.05, 0) is 108 Å². The van der Waals surface area contributed by atoms with E-state index < -0.39 is 11.2 Å². The number of likely N-dealkylation sites (tertiary alicyclic amines) is 3. The van der Waals surface area contributed by atoms with Gasteiger partial charge in [0, 0.05) is 81.5 Å². The summed E-state index contributed by atoms with van der Waals surface area (Å²) in [7, 11) is 0. The van der Waals surface area contributed by atoms with Crippen molar-refractivity contribution in [2.45, 2.75) is 102 Å². The van der Waals surface area contributed by atoms with E-state index in [0.717, 1.165) is 81.5 Å². The van der Waals surface area contributed by atoms with E-state index in [9.17, 15) is 9.59 Å². The van der Waals surface area contributed by atoms with Crippen LogP contribution in [0.15, 0.2) is 24.8 Å². The van der Waals surface area contributed by atoms with Crippen LogP contribution in [0.1, 0.15) is 78.4 Å². The summed E-state index contributed by atoms with van der Waals surface area (Å²) in [6.45, 7) is 17.7. The van der Waals surface area contributed by atoms with Crippen molar-refractivity contribution in [2.24, 2.45) is 11.8 Å². The van der Waals surface area contributed by atoms with Crippen LogP contribution in [0.5, 0.6) is 0 Å². The van der Waals surface area contributed by atoms with E-state index in [4.69, 9.17) is 32.7 Å². The van der Waals surface area contributed by atoms with Crippen LogP contribution in [-0.4, -0.2) is 109 Å². The molecule has 4 fully saturated rings. The minimum Gasteiger partial charge on any atom is -0.444 e. The van der Waals surface area contributed by atoms with Crippen molar-refractivity contribution in [1.29, 1.82) is 0 Å². The van der Waals surface area contributed by atoms with Gasteiger partial charge in [-0.1, -0.05) is 15.9 Å². The lowest BCUT2D eigenvalue weighted by Crippen LogP contribution is -2.50. The summed E-state index contributed by atoms with van der Waals surface area (Å²) in [5, 5.41) is 4.69. The van der Waals surface area contributed by atoms with Crippen LogP contribution in [0.4, 0.5) is 9.59 Å². The zero-order chi connectivity index (χ0) is 35.8. The lowest BCUT2D eigenvalue weighted by atomic mass is 9.92. The lowest BCUT2D eigenvalue weighted by molar-refractivity contribution is 0.00544. The van der Waals surface area contributed by atoms with E-state index in [2.05, 4.69) is 46.1 Å². The Bertz CT molecular complexity index is 1360. The zero-order valence-electron chi connectivity index (χ0n) is 29.5. The molecule has 0 saturated carbocycles. The third-order valence-electron chi connectivity index (χ3n) is 8.70. The Kier molecular flexibility index (Phi) is 14.3. The minimum atomic E-state index is -0.455. The Balaban J connectivity index is 0.000000185. The SMILES string of the molecule is CC(C)(C)OC(=O)N1CCC[C@H]2CN(Cc3cnc(Cl)nc3)C[C@H]21.CC(C)(C)OC(=O)N1CCC[C@H]2CNC[C@H]21.Clc1ncc(CBr)cn1. The minimum absolute atomic E-state index is 0.147. The van der Waals surface area contributed by atoms with E-state index in [1.165, 1.54) is 6.42 Å². The number of nitrogens with one attached hydrogen (secondary N) is 1. The number of carbonyl (C=O) groups excluding carboxylic acids is 2. The number of amides is 2. The number of halogens is 3. The highest BCUT2D eigenvalue weighted by Gasteiger charge is 2.42. The fraction of sp³-hybridized carbons (Fsp3) is 0.706. The summed E-state index contributed by atoms with van der Waals surface area (Å²) in [6, 6.07) is 0.588. The maximum absolute atomic E-state index is 12.5. The van der Waals surface area contributed by atoms with Gasteiger partial charge < -0.3 is 24.6 Å². The van der Waals surface area contributed by atoms with Crippen LogP contribution in [0.3, 0.4) is 0 Å². The fourth-order valence-electron chi connectivity index (χ4n) is 6.65. The van der Waals surface area contributed by atoms with Gasteiger partial charge in [-0.25, -0.2) is 29.5 Å². The molecule has 6 heterocycles. The quantitative estimate of drug-likeness (QED) is 0.269. The molecule has 4 aliphatic rings. The summed E-state index contributed by atoms with van der Waals surface area (Å²) in [5.74, 6) is 1.14. The first-order valence-electron chi connectivity index (χ1n) is 17.0. The van der Waals surface area contributed by atoms with Gasteiger partial charge in [0.25, 0.3) is 0 Å². The molecule has 272 valence electrons. The van der Waals surface area contributed by atoms with Crippen molar-refractivity contribution in [3.63, 3.8) is 0 Å². The predicted octanol–water partition coefficient (Wildman–Crippen LogP) is 6.59. The second kappa shape index (κ2) is 17.7. The standard InChI is InChI=1S/C17H25ClN4O2.C12H22N2O2.C5H4BrClN2/c1-17(2,3)24-16(23)22-6-4-5-13-10-21(11-14(13)22)9-12-7-19-15(18)20-8-12;1-12(2,3)16-11(15)14-6-4-5-9-7-13-8-10(9)14;6-1-4-2-8-5(7)9-3-4/h7-8,13-14H,4-6,9-11H2,1-3H3;9-10,13H,4-8H2,1-3H3;2-3H,1H2/t13-,14+;9-,10+;/m00./s1. The van der Waals surface area contributed by atoms with E-state index in [-0.39, 0.29) is 23.5 Å². The maximum Gasteiger partial charge on any atom is 0.410 e. The lowest BCUT2D eigenvalue weighted by Gasteiger charge is -2.37. The van der Waals surface area contributed by atoms with Gasteiger partial charge in [0.05, 0.1) is 12.1 Å². The van der Waals surface area contributed by atoms with Crippen LogP contribution in [0.2, 0.25) is 10.6 Å². The van der Waals surface area contributed by atoms with Crippen LogP contribution < -0.4 is 5.32 Å². The summed E-state index contributed by atoms with van der Waals surface area (Å²) in [4.78, 5) is 46.4. The molecule has 1 N–H and O–H groups in total. The van der Waals surface area contributed by atoms with Crippen molar-refractivity contribution < 1.29 is 19.1 Å². The molecule has 0 unspecified atom stereocenters. The first kappa shape index (κ1) is 39.5. The molecule has 2 amide bonds. The zero-order valence-corrected chi connectivity index (χ0v) is 32.6. The van der Waals surface area contributed by atoms with Gasteiger partial charge in [-0.3, -0.25) is 4.90 Å². The summed E-state index contributed by atoms with van der Waals surface area (Å²) in [5.41, 5.74) is 1.22. The van der Waals surface area contributed by atoms with Crippen molar-refractivity contribution >= 4 is 51.3 Å². The monoisotopic (exact) mass is 784 g/mol. The smallest absolute Gasteiger partial charge is 0.410 e. The molecule has 4 atom stereocenters. The molecule has 4 saturated heterocycles. The Morgan fingerprint density at radius 1 is 0.776 bits per heavy atom. The number of nitrogens with zero attached hydrogens (tertiary/aromatic N) is 7. The molecule has 15 heteroatoms. The Morgan fingerprint density at radius 3 is 1.78 bits per heavy atom. The van der Waals surface area contributed by atoms with E-state index >= 15 is 0 Å². The highest BCUT2D eigenvalue weighted by Crippen LogP contribution is 2.32. The molecular weight excluding hydrogens is 735 g/mol. The van der Waals surface area contributed by atoms with Crippen molar-refractivity contribution in [3.05, 3.63) is 46.5 Å².